The SMILES string of the molecule is C[C@@H](Sc1nnc(-c2cccs2)n1C1CC1)C(=O)N[C@H]1CCCC[C@@H]1C. The second-order valence-electron chi connectivity index (χ2n) is 7.52. The van der Waals surface area contributed by atoms with Gasteiger partial charge in [-0.1, -0.05) is 37.6 Å². The zero-order valence-electron chi connectivity index (χ0n) is 15.4. The first-order chi connectivity index (χ1) is 12.6. The molecule has 0 aliphatic heterocycles. The van der Waals surface area contributed by atoms with E-state index in [9.17, 15) is 4.79 Å². The number of amides is 1. The van der Waals surface area contributed by atoms with Crippen molar-refractivity contribution < 1.29 is 4.79 Å². The van der Waals surface area contributed by atoms with Gasteiger partial charge in [0.05, 0.1) is 10.1 Å². The number of thioether (sulfide) groups is 1. The van der Waals surface area contributed by atoms with Crippen molar-refractivity contribution in [1.29, 1.82) is 0 Å². The zero-order valence-corrected chi connectivity index (χ0v) is 17.0. The summed E-state index contributed by atoms with van der Waals surface area (Å²) in [6, 6.07) is 4.93. The molecule has 2 aliphatic rings. The number of rotatable bonds is 6. The average Bonchev–Trinajstić information content (AvgIpc) is 3.16. The predicted octanol–water partition coefficient (Wildman–Crippen LogP) is 4.52. The van der Waals surface area contributed by atoms with Crippen LogP contribution in [0.25, 0.3) is 10.7 Å². The van der Waals surface area contributed by atoms with Crippen molar-refractivity contribution in [2.45, 2.75) is 74.9 Å². The molecule has 2 aromatic heterocycles. The number of hydrogen-bond acceptors (Lipinski definition) is 5. The molecule has 0 unspecified atom stereocenters. The first-order valence-corrected chi connectivity index (χ1v) is 11.3. The molecule has 4 rings (SSSR count). The van der Waals surface area contributed by atoms with Crippen LogP contribution >= 0.6 is 23.1 Å². The normalized spacial score (nSPS) is 24.4. The summed E-state index contributed by atoms with van der Waals surface area (Å²) in [5, 5.41) is 14.9. The second-order valence-corrected chi connectivity index (χ2v) is 9.78. The Morgan fingerprint density at radius 1 is 1.31 bits per heavy atom. The van der Waals surface area contributed by atoms with Gasteiger partial charge in [-0.15, -0.1) is 21.5 Å². The molecule has 1 amide bonds. The van der Waals surface area contributed by atoms with E-state index in [2.05, 4.69) is 38.5 Å². The molecule has 2 saturated carbocycles. The van der Waals surface area contributed by atoms with Gasteiger partial charge in [-0.05, 0) is 50.0 Å². The Labute approximate surface area is 163 Å². The van der Waals surface area contributed by atoms with E-state index < -0.39 is 0 Å². The van der Waals surface area contributed by atoms with Crippen LogP contribution in [0.1, 0.15) is 58.4 Å². The van der Waals surface area contributed by atoms with Crippen LogP contribution in [0.4, 0.5) is 0 Å². The van der Waals surface area contributed by atoms with Crippen LogP contribution in [0.15, 0.2) is 22.7 Å². The Balaban J connectivity index is 1.46. The third-order valence-corrected chi connectivity index (χ3v) is 7.33. The third-order valence-electron chi connectivity index (χ3n) is 5.41. The highest BCUT2D eigenvalue weighted by atomic mass is 32.2. The summed E-state index contributed by atoms with van der Waals surface area (Å²) in [4.78, 5) is 13.8. The molecule has 140 valence electrons. The van der Waals surface area contributed by atoms with E-state index in [0.717, 1.165) is 22.3 Å². The molecule has 0 radical (unpaired) electrons. The Kier molecular flexibility index (Phi) is 5.36. The second kappa shape index (κ2) is 7.72. The van der Waals surface area contributed by atoms with Crippen molar-refractivity contribution in [2.75, 3.05) is 0 Å². The van der Waals surface area contributed by atoms with E-state index in [4.69, 9.17) is 0 Å². The number of nitrogens with one attached hydrogen (secondary N) is 1. The maximum Gasteiger partial charge on any atom is 0.233 e. The molecule has 0 spiro atoms. The molecule has 2 aromatic rings. The topological polar surface area (TPSA) is 59.8 Å². The van der Waals surface area contributed by atoms with Crippen LogP contribution in [0, 0.1) is 5.92 Å². The van der Waals surface area contributed by atoms with Crippen molar-refractivity contribution >= 4 is 29.0 Å². The predicted molar refractivity (Wildman–Crippen MR) is 106 cm³/mol. The van der Waals surface area contributed by atoms with Gasteiger partial charge in [0.1, 0.15) is 0 Å². The molecule has 0 aromatic carbocycles. The molecule has 0 bridgehead atoms. The van der Waals surface area contributed by atoms with E-state index in [-0.39, 0.29) is 11.2 Å². The minimum Gasteiger partial charge on any atom is -0.352 e. The van der Waals surface area contributed by atoms with Gasteiger partial charge in [0.15, 0.2) is 11.0 Å². The van der Waals surface area contributed by atoms with Crippen molar-refractivity contribution in [2.24, 2.45) is 5.92 Å². The molecule has 2 fully saturated rings. The minimum atomic E-state index is -0.165. The average molecular weight is 391 g/mol. The number of thiophene rings is 1. The van der Waals surface area contributed by atoms with Crippen LogP contribution in [0.5, 0.6) is 0 Å². The summed E-state index contributed by atoms with van der Waals surface area (Å²) in [6.07, 6.45) is 7.16. The lowest BCUT2D eigenvalue weighted by molar-refractivity contribution is -0.121. The molecule has 2 aliphatic carbocycles. The summed E-state index contributed by atoms with van der Waals surface area (Å²) in [6.45, 7) is 4.23. The highest BCUT2D eigenvalue weighted by Crippen LogP contribution is 2.42. The maximum atomic E-state index is 12.7. The fourth-order valence-electron chi connectivity index (χ4n) is 3.64. The van der Waals surface area contributed by atoms with Crippen molar-refractivity contribution in [3.8, 4) is 10.7 Å². The van der Waals surface area contributed by atoms with Gasteiger partial charge >= 0.3 is 0 Å². The number of aromatic nitrogens is 3. The molecular formula is C19H26N4OS2. The molecular weight excluding hydrogens is 364 g/mol. The monoisotopic (exact) mass is 390 g/mol. The molecule has 26 heavy (non-hydrogen) atoms. The lowest BCUT2D eigenvalue weighted by atomic mass is 9.86. The standard InChI is InChI=1S/C19H26N4OS2/c1-12-6-3-4-7-15(12)20-18(24)13(2)26-19-22-21-17(16-8-5-11-25-16)23(19)14-9-10-14/h5,8,11-15H,3-4,6-7,9-10H2,1-2H3,(H,20,24)/t12-,13+,15-/m0/s1. The quantitative estimate of drug-likeness (QED) is 0.737. The van der Waals surface area contributed by atoms with Crippen LogP contribution in [-0.2, 0) is 4.79 Å². The lowest BCUT2D eigenvalue weighted by Crippen LogP contribution is -2.44. The lowest BCUT2D eigenvalue weighted by Gasteiger charge is -2.30. The van der Waals surface area contributed by atoms with Crippen molar-refractivity contribution in [3.63, 3.8) is 0 Å². The smallest absolute Gasteiger partial charge is 0.233 e. The highest BCUT2D eigenvalue weighted by Gasteiger charge is 2.32. The summed E-state index contributed by atoms with van der Waals surface area (Å²) < 4.78 is 2.24. The van der Waals surface area contributed by atoms with Crippen molar-refractivity contribution in [1.82, 2.24) is 20.1 Å². The van der Waals surface area contributed by atoms with E-state index in [1.54, 1.807) is 11.3 Å². The number of carbonyl (C=O) groups is 1. The first kappa shape index (κ1) is 18.0. The molecule has 0 saturated heterocycles. The summed E-state index contributed by atoms with van der Waals surface area (Å²) in [5.41, 5.74) is 0. The van der Waals surface area contributed by atoms with E-state index in [1.165, 1.54) is 43.9 Å². The van der Waals surface area contributed by atoms with Gasteiger partial charge in [0, 0.05) is 12.1 Å². The fourth-order valence-corrected chi connectivity index (χ4v) is 5.27. The molecule has 3 atom stereocenters. The van der Waals surface area contributed by atoms with Gasteiger partial charge in [-0.3, -0.25) is 9.36 Å². The highest BCUT2D eigenvalue weighted by molar-refractivity contribution is 8.00. The fraction of sp³-hybridized carbons (Fsp3) is 0.632. The van der Waals surface area contributed by atoms with E-state index >= 15 is 0 Å². The van der Waals surface area contributed by atoms with Gasteiger partial charge < -0.3 is 5.32 Å². The Morgan fingerprint density at radius 2 is 2.12 bits per heavy atom. The van der Waals surface area contributed by atoms with Crippen LogP contribution in [0.2, 0.25) is 0 Å². The van der Waals surface area contributed by atoms with Gasteiger partial charge in [-0.2, -0.15) is 0 Å². The van der Waals surface area contributed by atoms with Crippen LogP contribution in [0.3, 0.4) is 0 Å². The minimum absolute atomic E-state index is 0.122. The largest absolute Gasteiger partial charge is 0.352 e. The van der Waals surface area contributed by atoms with Gasteiger partial charge in [0.2, 0.25) is 5.91 Å². The number of carbonyl (C=O) groups excluding carboxylic acids is 1. The third kappa shape index (κ3) is 3.83. The number of hydrogen-bond donors (Lipinski definition) is 1. The summed E-state index contributed by atoms with van der Waals surface area (Å²) in [5.74, 6) is 1.64. The maximum absolute atomic E-state index is 12.7. The van der Waals surface area contributed by atoms with E-state index in [0.29, 0.717) is 18.0 Å². The van der Waals surface area contributed by atoms with Gasteiger partial charge in [-0.25, -0.2) is 0 Å². The van der Waals surface area contributed by atoms with Crippen molar-refractivity contribution in [3.05, 3.63) is 17.5 Å². The Bertz CT molecular complexity index is 754. The van der Waals surface area contributed by atoms with E-state index in [1.807, 2.05) is 13.0 Å². The van der Waals surface area contributed by atoms with Crippen LogP contribution < -0.4 is 5.32 Å². The Morgan fingerprint density at radius 3 is 2.81 bits per heavy atom. The summed E-state index contributed by atoms with van der Waals surface area (Å²) >= 11 is 3.22. The molecule has 7 heteroatoms. The number of nitrogens with zero attached hydrogens (tertiary/aromatic N) is 3. The van der Waals surface area contributed by atoms with Crippen LogP contribution in [-0.4, -0.2) is 32.0 Å². The first-order valence-electron chi connectivity index (χ1n) is 9.59. The molecule has 5 nitrogen and oxygen atoms in total. The van der Waals surface area contributed by atoms with Gasteiger partial charge in [0.25, 0.3) is 0 Å². The summed E-state index contributed by atoms with van der Waals surface area (Å²) in [7, 11) is 0. The zero-order chi connectivity index (χ0) is 18.1. The molecule has 2 heterocycles. The Hall–Kier alpha value is -1.34. The molecule has 1 N–H and O–H groups in total.